The number of anilines is 2. The van der Waals surface area contributed by atoms with E-state index in [1.807, 2.05) is 0 Å². The van der Waals surface area contributed by atoms with Gasteiger partial charge in [0.15, 0.2) is 0 Å². The SMILES string of the molecule is O=C1Nc2cc(Br)ccc2/C1=C1/Nc2cc(C(=O)O)ccc2/C1=N/O. The number of carboxylic acids is 1. The van der Waals surface area contributed by atoms with Gasteiger partial charge in [-0.05, 0) is 30.3 Å². The Balaban J connectivity index is 1.91. The maximum atomic E-state index is 12.5. The van der Waals surface area contributed by atoms with Crippen LogP contribution in [-0.4, -0.2) is 27.9 Å². The van der Waals surface area contributed by atoms with Crippen LogP contribution in [0, 0.1) is 0 Å². The van der Waals surface area contributed by atoms with E-state index in [1.165, 1.54) is 12.1 Å². The molecule has 2 heterocycles. The minimum absolute atomic E-state index is 0.0926. The molecule has 0 saturated carbocycles. The lowest BCUT2D eigenvalue weighted by Gasteiger charge is -2.05. The van der Waals surface area contributed by atoms with Crippen LogP contribution in [0.15, 0.2) is 51.7 Å². The molecule has 4 rings (SSSR count). The molecule has 2 aliphatic heterocycles. The molecule has 2 aromatic carbocycles. The van der Waals surface area contributed by atoms with Crippen LogP contribution >= 0.6 is 15.9 Å². The van der Waals surface area contributed by atoms with E-state index < -0.39 is 5.97 Å². The highest BCUT2D eigenvalue weighted by atomic mass is 79.9. The maximum Gasteiger partial charge on any atom is 0.335 e. The van der Waals surface area contributed by atoms with Crippen LogP contribution in [0.2, 0.25) is 0 Å². The molecule has 0 aromatic heterocycles. The number of rotatable bonds is 1. The van der Waals surface area contributed by atoms with Crippen LogP contribution in [0.3, 0.4) is 0 Å². The molecule has 0 unspecified atom stereocenters. The van der Waals surface area contributed by atoms with Crippen molar-refractivity contribution in [3.8, 4) is 0 Å². The lowest BCUT2D eigenvalue weighted by atomic mass is 10.0. The zero-order chi connectivity index (χ0) is 17.7. The van der Waals surface area contributed by atoms with E-state index in [-0.39, 0.29) is 17.2 Å². The number of hydrogen-bond donors (Lipinski definition) is 4. The Bertz CT molecular complexity index is 1030. The topological polar surface area (TPSA) is 111 Å². The number of fused-ring (bicyclic) bond motifs is 2. The fourth-order valence-electron chi connectivity index (χ4n) is 2.99. The Labute approximate surface area is 149 Å². The molecule has 7 nitrogen and oxygen atoms in total. The summed E-state index contributed by atoms with van der Waals surface area (Å²) in [4.78, 5) is 23.6. The van der Waals surface area contributed by atoms with E-state index in [0.717, 1.165) is 4.47 Å². The van der Waals surface area contributed by atoms with Crippen molar-refractivity contribution in [2.24, 2.45) is 5.16 Å². The summed E-state index contributed by atoms with van der Waals surface area (Å²) in [6.45, 7) is 0. The van der Waals surface area contributed by atoms with E-state index in [0.29, 0.717) is 33.8 Å². The fourth-order valence-corrected chi connectivity index (χ4v) is 3.35. The number of hydrogen-bond acceptors (Lipinski definition) is 5. The molecular formula is C17H10BrN3O4. The fraction of sp³-hybridized carbons (Fsp3) is 0. The van der Waals surface area contributed by atoms with E-state index in [9.17, 15) is 14.8 Å². The Morgan fingerprint density at radius 2 is 1.76 bits per heavy atom. The summed E-state index contributed by atoms with van der Waals surface area (Å²) < 4.78 is 0.822. The lowest BCUT2D eigenvalue weighted by molar-refractivity contribution is -0.110. The number of carboxylic acid groups (broad SMARTS) is 1. The van der Waals surface area contributed by atoms with Gasteiger partial charge in [0.1, 0.15) is 5.71 Å². The Morgan fingerprint density at radius 1 is 1.04 bits per heavy atom. The second-order valence-electron chi connectivity index (χ2n) is 5.53. The van der Waals surface area contributed by atoms with Crippen LogP contribution in [0.1, 0.15) is 21.5 Å². The molecule has 0 bridgehead atoms. The molecule has 2 aromatic rings. The van der Waals surface area contributed by atoms with Gasteiger partial charge < -0.3 is 20.9 Å². The first-order valence-corrected chi connectivity index (χ1v) is 8.01. The highest BCUT2D eigenvalue weighted by molar-refractivity contribution is 9.10. The monoisotopic (exact) mass is 399 g/mol. The zero-order valence-electron chi connectivity index (χ0n) is 12.5. The zero-order valence-corrected chi connectivity index (χ0v) is 14.1. The quantitative estimate of drug-likeness (QED) is 0.334. The van der Waals surface area contributed by atoms with Gasteiger partial charge in [0, 0.05) is 21.3 Å². The number of halogens is 1. The molecule has 1 amide bonds. The van der Waals surface area contributed by atoms with E-state index in [2.05, 4.69) is 31.7 Å². The number of nitrogens with zero attached hydrogens (tertiary/aromatic N) is 1. The highest BCUT2D eigenvalue weighted by Crippen LogP contribution is 2.40. The van der Waals surface area contributed by atoms with Gasteiger partial charge in [0.05, 0.1) is 22.5 Å². The highest BCUT2D eigenvalue weighted by Gasteiger charge is 2.34. The number of nitrogens with one attached hydrogen (secondary N) is 2. The normalized spacial score (nSPS) is 19.4. The first kappa shape index (κ1) is 15.4. The summed E-state index contributed by atoms with van der Waals surface area (Å²) in [5.74, 6) is -1.40. The summed E-state index contributed by atoms with van der Waals surface area (Å²) in [6, 6.07) is 9.76. The molecule has 0 atom stereocenters. The lowest BCUT2D eigenvalue weighted by Crippen LogP contribution is -2.12. The van der Waals surface area contributed by atoms with Gasteiger partial charge in [-0.3, -0.25) is 4.79 Å². The molecular weight excluding hydrogens is 390 g/mol. The number of amides is 1. The molecule has 124 valence electrons. The third-order valence-electron chi connectivity index (χ3n) is 4.09. The first-order chi connectivity index (χ1) is 12.0. The molecule has 4 N–H and O–H groups in total. The molecule has 25 heavy (non-hydrogen) atoms. The second kappa shape index (κ2) is 5.45. The van der Waals surface area contributed by atoms with E-state index >= 15 is 0 Å². The molecule has 0 saturated heterocycles. The molecule has 0 aliphatic carbocycles. The molecule has 8 heteroatoms. The predicted octanol–water partition coefficient (Wildman–Crippen LogP) is 3.11. The van der Waals surface area contributed by atoms with Gasteiger partial charge in [-0.2, -0.15) is 0 Å². The van der Waals surface area contributed by atoms with Crippen LogP contribution in [-0.2, 0) is 4.79 Å². The number of oxime groups is 1. The minimum atomic E-state index is -1.07. The number of carbonyl (C=O) groups excluding carboxylic acids is 1. The number of allylic oxidation sites excluding steroid dienone is 1. The number of aromatic carboxylic acids is 1. The summed E-state index contributed by atoms with van der Waals surface area (Å²) in [5, 5.41) is 27.7. The largest absolute Gasteiger partial charge is 0.478 e. The summed E-state index contributed by atoms with van der Waals surface area (Å²) in [6.07, 6.45) is 0. The van der Waals surface area contributed by atoms with Crippen LogP contribution in [0.25, 0.3) is 5.57 Å². The summed E-state index contributed by atoms with van der Waals surface area (Å²) in [7, 11) is 0. The van der Waals surface area contributed by atoms with Crippen LogP contribution in [0.5, 0.6) is 0 Å². The van der Waals surface area contributed by atoms with E-state index in [4.69, 9.17) is 5.11 Å². The van der Waals surface area contributed by atoms with Gasteiger partial charge in [-0.15, -0.1) is 0 Å². The average molecular weight is 400 g/mol. The number of benzene rings is 2. The summed E-state index contributed by atoms with van der Waals surface area (Å²) >= 11 is 3.36. The van der Waals surface area contributed by atoms with Crippen molar-refractivity contribution in [2.45, 2.75) is 0 Å². The van der Waals surface area contributed by atoms with E-state index in [1.54, 1.807) is 24.3 Å². The number of carbonyl (C=O) groups is 2. The smallest absolute Gasteiger partial charge is 0.335 e. The van der Waals surface area contributed by atoms with Crippen molar-refractivity contribution in [3.05, 3.63) is 63.3 Å². The van der Waals surface area contributed by atoms with Crippen molar-refractivity contribution in [1.82, 2.24) is 0 Å². The van der Waals surface area contributed by atoms with Crippen LogP contribution in [0.4, 0.5) is 11.4 Å². The van der Waals surface area contributed by atoms with Crippen molar-refractivity contribution in [1.29, 1.82) is 0 Å². The summed E-state index contributed by atoms with van der Waals surface area (Å²) in [5.41, 5.74) is 3.25. The molecule has 2 aliphatic rings. The minimum Gasteiger partial charge on any atom is -0.478 e. The Hall–Kier alpha value is -3.13. The third-order valence-corrected chi connectivity index (χ3v) is 4.59. The van der Waals surface area contributed by atoms with Crippen molar-refractivity contribution in [3.63, 3.8) is 0 Å². The van der Waals surface area contributed by atoms with Gasteiger partial charge in [0.2, 0.25) is 0 Å². The average Bonchev–Trinajstić information content (AvgIpc) is 3.09. The van der Waals surface area contributed by atoms with Crippen LogP contribution < -0.4 is 10.6 Å². The Kier molecular flexibility index (Phi) is 3.36. The maximum absolute atomic E-state index is 12.5. The molecule has 0 radical (unpaired) electrons. The van der Waals surface area contributed by atoms with Gasteiger partial charge in [-0.1, -0.05) is 27.2 Å². The van der Waals surface area contributed by atoms with Crippen molar-refractivity contribution >= 4 is 50.5 Å². The van der Waals surface area contributed by atoms with Gasteiger partial charge >= 0.3 is 5.97 Å². The predicted molar refractivity (Wildman–Crippen MR) is 95.0 cm³/mol. The van der Waals surface area contributed by atoms with Crippen molar-refractivity contribution in [2.75, 3.05) is 10.6 Å². The third kappa shape index (κ3) is 2.30. The second-order valence-corrected chi connectivity index (χ2v) is 6.45. The first-order valence-electron chi connectivity index (χ1n) is 7.22. The van der Waals surface area contributed by atoms with Gasteiger partial charge in [0.25, 0.3) is 5.91 Å². The Morgan fingerprint density at radius 3 is 2.48 bits per heavy atom. The molecule has 0 spiro atoms. The molecule has 0 fully saturated rings. The standard InChI is InChI=1S/C17H10BrN3O4/c18-8-2-4-9-12(6-8)20-16(22)13(9)15-14(21-25)10-3-1-7(17(23)24)5-11(10)19-15/h1-6,19,25H,(H,20,22)(H,23,24)/b15-13-,21-14-. The van der Waals surface area contributed by atoms with Gasteiger partial charge in [-0.25, -0.2) is 4.79 Å². The van der Waals surface area contributed by atoms with Crippen molar-refractivity contribution < 1.29 is 19.9 Å².